The number of hydrogen-bond donors (Lipinski definition) is 0. The van der Waals surface area contributed by atoms with Gasteiger partial charge in [0.2, 0.25) is 0 Å². The highest BCUT2D eigenvalue weighted by Crippen LogP contribution is 2.22. The van der Waals surface area contributed by atoms with Gasteiger partial charge in [-0.2, -0.15) is 0 Å². The molecular formula is C25H22N4O. The molecule has 5 heteroatoms. The van der Waals surface area contributed by atoms with Gasteiger partial charge in [-0.15, -0.1) is 10.2 Å². The first kappa shape index (κ1) is 18.3. The van der Waals surface area contributed by atoms with Crippen molar-refractivity contribution < 1.29 is 4.79 Å². The first-order valence-corrected chi connectivity index (χ1v) is 10.2. The highest BCUT2D eigenvalue weighted by molar-refractivity contribution is 6.07. The van der Waals surface area contributed by atoms with E-state index < -0.39 is 0 Å². The van der Waals surface area contributed by atoms with Crippen LogP contribution in [0.1, 0.15) is 10.4 Å². The number of rotatable bonds is 3. The molecule has 5 rings (SSSR count). The van der Waals surface area contributed by atoms with Crippen molar-refractivity contribution in [3.63, 3.8) is 0 Å². The number of aromatic nitrogens is 2. The SMILES string of the molecule is O=C(c1cccc2ccccc12)N1CCN(c2ccc(-c3ccccc3)nn2)CC1. The molecule has 0 aliphatic carbocycles. The lowest BCUT2D eigenvalue weighted by Crippen LogP contribution is -2.49. The summed E-state index contributed by atoms with van der Waals surface area (Å²) in [7, 11) is 0. The Labute approximate surface area is 175 Å². The number of carbonyl (C=O) groups is 1. The average molecular weight is 394 g/mol. The van der Waals surface area contributed by atoms with Gasteiger partial charge in [0.25, 0.3) is 5.91 Å². The predicted octanol–water partition coefficient (Wildman–Crippen LogP) is 4.26. The van der Waals surface area contributed by atoms with E-state index >= 15 is 0 Å². The van der Waals surface area contributed by atoms with Crippen molar-refractivity contribution >= 4 is 22.5 Å². The van der Waals surface area contributed by atoms with E-state index in [0.29, 0.717) is 13.1 Å². The van der Waals surface area contributed by atoms with Crippen LogP contribution in [0.15, 0.2) is 84.9 Å². The quantitative estimate of drug-likeness (QED) is 0.521. The summed E-state index contributed by atoms with van der Waals surface area (Å²) in [6.45, 7) is 2.83. The third kappa shape index (κ3) is 3.50. The minimum Gasteiger partial charge on any atom is -0.352 e. The van der Waals surface area contributed by atoms with Gasteiger partial charge in [0.05, 0.1) is 5.69 Å². The van der Waals surface area contributed by atoms with Gasteiger partial charge in [-0.05, 0) is 29.0 Å². The number of nitrogens with zero attached hydrogens (tertiary/aromatic N) is 4. The van der Waals surface area contributed by atoms with Crippen LogP contribution in [0, 0.1) is 0 Å². The minimum absolute atomic E-state index is 0.0944. The molecular weight excluding hydrogens is 372 g/mol. The zero-order valence-electron chi connectivity index (χ0n) is 16.6. The van der Waals surface area contributed by atoms with E-state index in [4.69, 9.17) is 0 Å². The third-order valence-electron chi connectivity index (χ3n) is 5.63. The molecule has 5 nitrogen and oxygen atoms in total. The molecule has 4 aromatic rings. The topological polar surface area (TPSA) is 49.3 Å². The number of fused-ring (bicyclic) bond motifs is 1. The fourth-order valence-electron chi connectivity index (χ4n) is 3.98. The van der Waals surface area contributed by atoms with Crippen molar-refractivity contribution in [1.29, 1.82) is 0 Å². The first-order chi connectivity index (χ1) is 14.8. The fraction of sp³-hybridized carbons (Fsp3) is 0.160. The van der Waals surface area contributed by atoms with Gasteiger partial charge >= 0.3 is 0 Å². The lowest BCUT2D eigenvalue weighted by Gasteiger charge is -2.35. The second kappa shape index (κ2) is 7.95. The molecule has 0 radical (unpaired) electrons. The molecule has 1 aliphatic rings. The predicted molar refractivity (Wildman–Crippen MR) is 120 cm³/mol. The van der Waals surface area contributed by atoms with Crippen molar-refractivity contribution in [3.8, 4) is 11.3 Å². The molecule has 0 spiro atoms. The van der Waals surface area contributed by atoms with E-state index in [1.807, 2.05) is 89.8 Å². The molecule has 3 aromatic carbocycles. The van der Waals surface area contributed by atoms with Crippen molar-refractivity contribution in [2.45, 2.75) is 0 Å². The summed E-state index contributed by atoms with van der Waals surface area (Å²) in [6.07, 6.45) is 0. The summed E-state index contributed by atoms with van der Waals surface area (Å²) in [6, 6.07) is 28.0. The van der Waals surface area contributed by atoms with E-state index in [2.05, 4.69) is 15.1 Å². The highest BCUT2D eigenvalue weighted by atomic mass is 16.2. The van der Waals surface area contributed by atoms with E-state index in [-0.39, 0.29) is 5.91 Å². The van der Waals surface area contributed by atoms with Gasteiger partial charge in [-0.25, -0.2) is 0 Å². The summed E-state index contributed by atoms with van der Waals surface area (Å²) >= 11 is 0. The Morgan fingerprint density at radius 1 is 0.700 bits per heavy atom. The Hall–Kier alpha value is -3.73. The first-order valence-electron chi connectivity index (χ1n) is 10.2. The van der Waals surface area contributed by atoms with Crippen LogP contribution in [0.3, 0.4) is 0 Å². The fourth-order valence-corrected chi connectivity index (χ4v) is 3.98. The van der Waals surface area contributed by atoms with Crippen molar-refractivity contribution in [2.75, 3.05) is 31.1 Å². The molecule has 0 N–H and O–H groups in total. The molecule has 1 amide bonds. The monoisotopic (exact) mass is 394 g/mol. The van der Waals surface area contributed by atoms with Crippen LogP contribution in [0.25, 0.3) is 22.0 Å². The molecule has 0 atom stereocenters. The maximum Gasteiger partial charge on any atom is 0.254 e. The van der Waals surface area contributed by atoms with Crippen LogP contribution in [-0.2, 0) is 0 Å². The Morgan fingerprint density at radius 2 is 1.43 bits per heavy atom. The largest absolute Gasteiger partial charge is 0.352 e. The molecule has 2 heterocycles. The van der Waals surface area contributed by atoms with Gasteiger partial charge in [-0.3, -0.25) is 4.79 Å². The number of carbonyl (C=O) groups excluding carboxylic acids is 1. The molecule has 1 aromatic heterocycles. The van der Waals surface area contributed by atoms with Crippen LogP contribution >= 0.6 is 0 Å². The van der Waals surface area contributed by atoms with Gasteiger partial charge in [0.1, 0.15) is 0 Å². The highest BCUT2D eigenvalue weighted by Gasteiger charge is 2.24. The normalized spacial score (nSPS) is 14.1. The smallest absolute Gasteiger partial charge is 0.254 e. The Bertz CT molecular complexity index is 1160. The number of hydrogen-bond acceptors (Lipinski definition) is 4. The summed E-state index contributed by atoms with van der Waals surface area (Å²) in [4.78, 5) is 17.3. The average Bonchev–Trinajstić information content (AvgIpc) is 2.84. The van der Waals surface area contributed by atoms with Gasteiger partial charge in [0.15, 0.2) is 5.82 Å². The second-order valence-electron chi connectivity index (χ2n) is 7.45. The Balaban J connectivity index is 1.28. The molecule has 1 aliphatic heterocycles. The van der Waals surface area contributed by atoms with Crippen LogP contribution in [0.2, 0.25) is 0 Å². The second-order valence-corrected chi connectivity index (χ2v) is 7.45. The van der Waals surface area contributed by atoms with E-state index in [9.17, 15) is 4.79 Å². The van der Waals surface area contributed by atoms with Crippen molar-refractivity contribution in [2.24, 2.45) is 0 Å². The van der Waals surface area contributed by atoms with E-state index in [1.165, 1.54) is 0 Å². The summed E-state index contributed by atoms with van der Waals surface area (Å²) in [5, 5.41) is 10.9. The third-order valence-corrected chi connectivity index (χ3v) is 5.63. The van der Waals surface area contributed by atoms with Gasteiger partial charge in [0, 0.05) is 37.3 Å². The van der Waals surface area contributed by atoms with Gasteiger partial charge in [-0.1, -0.05) is 66.7 Å². The van der Waals surface area contributed by atoms with Crippen LogP contribution in [-0.4, -0.2) is 47.2 Å². The zero-order valence-corrected chi connectivity index (χ0v) is 16.6. The molecule has 0 bridgehead atoms. The Kier molecular flexibility index (Phi) is 4.85. The summed E-state index contributed by atoms with van der Waals surface area (Å²) in [5.41, 5.74) is 2.69. The molecule has 30 heavy (non-hydrogen) atoms. The summed E-state index contributed by atoms with van der Waals surface area (Å²) < 4.78 is 0. The zero-order chi connectivity index (χ0) is 20.3. The number of anilines is 1. The van der Waals surface area contributed by atoms with Crippen LogP contribution in [0.5, 0.6) is 0 Å². The Morgan fingerprint density at radius 3 is 2.20 bits per heavy atom. The lowest BCUT2D eigenvalue weighted by molar-refractivity contribution is 0.0748. The van der Waals surface area contributed by atoms with E-state index in [0.717, 1.165) is 46.5 Å². The number of benzene rings is 3. The summed E-state index contributed by atoms with van der Waals surface area (Å²) in [5.74, 6) is 0.948. The van der Waals surface area contributed by atoms with Crippen LogP contribution < -0.4 is 4.90 Å². The molecule has 1 fully saturated rings. The van der Waals surface area contributed by atoms with E-state index in [1.54, 1.807) is 0 Å². The standard InChI is InChI=1S/C25H22N4O/c30-25(22-12-6-10-19-7-4-5-11-21(19)22)29-17-15-28(16-18-29)24-14-13-23(26-27-24)20-8-2-1-3-9-20/h1-14H,15-18H2. The molecule has 0 unspecified atom stereocenters. The lowest BCUT2D eigenvalue weighted by atomic mass is 10.0. The number of piperazine rings is 1. The van der Waals surface area contributed by atoms with Crippen LogP contribution in [0.4, 0.5) is 5.82 Å². The number of amides is 1. The maximum atomic E-state index is 13.1. The minimum atomic E-state index is 0.0944. The molecule has 1 saturated heterocycles. The van der Waals surface area contributed by atoms with Crippen molar-refractivity contribution in [1.82, 2.24) is 15.1 Å². The molecule has 0 saturated carbocycles. The van der Waals surface area contributed by atoms with Gasteiger partial charge < -0.3 is 9.80 Å². The van der Waals surface area contributed by atoms with Crippen molar-refractivity contribution in [3.05, 3.63) is 90.5 Å². The maximum absolute atomic E-state index is 13.1. The molecule has 148 valence electrons.